The Morgan fingerprint density at radius 2 is 1.65 bits per heavy atom. The molecule has 4 heteroatoms. The minimum atomic E-state index is -0.291. The van der Waals surface area contributed by atoms with E-state index in [9.17, 15) is 4.39 Å². The van der Waals surface area contributed by atoms with Gasteiger partial charge in [-0.3, -0.25) is 0 Å². The van der Waals surface area contributed by atoms with Crippen molar-refractivity contribution in [2.24, 2.45) is 0 Å². The molecule has 0 amide bonds. The quantitative estimate of drug-likeness (QED) is 0.792. The third-order valence-electron chi connectivity index (χ3n) is 3.00. The average molecular weight is 288 g/mol. The molecule has 2 aromatic rings. The molecular formula is C16H17FN2S. The molecule has 2 aromatic carbocycles. The summed E-state index contributed by atoms with van der Waals surface area (Å²) in [6, 6.07) is 10.4. The lowest BCUT2D eigenvalue weighted by molar-refractivity contribution is 0.628. The summed E-state index contributed by atoms with van der Waals surface area (Å²) >= 11 is 5.27. The highest BCUT2D eigenvalue weighted by Crippen LogP contribution is 2.22. The van der Waals surface area contributed by atoms with Crippen LogP contribution >= 0.6 is 12.2 Å². The highest BCUT2D eigenvalue weighted by Gasteiger charge is 2.06. The second kappa shape index (κ2) is 6.01. The Balaban J connectivity index is 2.13. The Hall–Kier alpha value is -1.94. The van der Waals surface area contributed by atoms with E-state index in [1.165, 1.54) is 17.7 Å². The van der Waals surface area contributed by atoms with Crippen molar-refractivity contribution in [2.45, 2.75) is 20.8 Å². The van der Waals surface area contributed by atoms with Gasteiger partial charge in [0.2, 0.25) is 0 Å². The maximum Gasteiger partial charge on any atom is 0.175 e. The Labute approximate surface area is 124 Å². The molecule has 0 atom stereocenters. The third kappa shape index (κ3) is 3.54. The summed E-state index contributed by atoms with van der Waals surface area (Å²) in [4.78, 5) is 0. The SMILES string of the molecule is Cc1cc(C)c(NC(=S)Nc2cccc(F)c2)c(C)c1. The van der Waals surface area contributed by atoms with Gasteiger partial charge in [0.1, 0.15) is 5.82 Å². The van der Waals surface area contributed by atoms with Gasteiger partial charge in [0, 0.05) is 11.4 Å². The van der Waals surface area contributed by atoms with Crippen LogP contribution in [0.2, 0.25) is 0 Å². The molecule has 0 aliphatic rings. The number of hydrogen-bond acceptors (Lipinski definition) is 1. The van der Waals surface area contributed by atoms with E-state index in [0.717, 1.165) is 16.8 Å². The van der Waals surface area contributed by atoms with E-state index in [2.05, 4.69) is 29.7 Å². The molecule has 104 valence electrons. The molecule has 0 unspecified atom stereocenters. The van der Waals surface area contributed by atoms with Crippen LogP contribution in [0.15, 0.2) is 36.4 Å². The first-order valence-electron chi connectivity index (χ1n) is 6.37. The van der Waals surface area contributed by atoms with E-state index in [-0.39, 0.29) is 5.82 Å². The largest absolute Gasteiger partial charge is 0.332 e. The summed E-state index contributed by atoms with van der Waals surface area (Å²) in [5, 5.41) is 6.60. The zero-order chi connectivity index (χ0) is 14.7. The number of nitrogens with one attached hydrogen (secondary N) is 2. The molecule has 2 rings (SSSR count). The fourth-order valence-electron chi connectivity index (χ4n) is 2.22. The topological polar surface area (TPSA) is 24.1 Å². The van der Waals surface area contributed by atoms with Crippen molar-refractivity contribution in [3.05, 3.63) is 58.9 Å². The summed E-state index contributed by atoms with van der Waals surface area (Å²) in [5.74, 6) is -0.291. The van der Waals surface area contributed by atoms with E-state index in [0.29, 0.717) is 10.8 Å². The lowest BCUT2D eigenvalue weighted by atomic mass is 10.1. The number of hydrogen-bond donors (Lipinski definition) is 2. The minimum absolute atomic E-state index is 0.291. The lowest BCUT2D eigenvalue weighted by Crippen LogP contribution is -2.20. The summed E-state index contributed by atoms with van der Waals surface area (Å²) in [6.45, 7) is 6.13. The molecule has 0 saturated carbocycles. The molecule has 0 aliphatic heterocycles. The van der Waals surface area contributed by atoms with Crippen LogP contribution in [0.25, 0.3) is 0 Å². The zero-order valence-corrected chi connectivity index (χ0v) is 12.6. The van der Waals surface area contributed by atoms with Crippen LogP contribution in [-0.4, -0.2) is 5.11 Å². The van der Waals surface area contributed by atoms with Crippen molar-refractivity contribution in [1.29, 1.82) is 0 Å². The smallest absolute Gasteiger partial charge is 0.175 e. The van der Waals surface area contributed by atoms with Crippen LogP contribution < -0.4 is 10.6 Å². The van der Waals surface area contributed by atoms with Gasteiger partial charge in [-0.25, -0.2) is 4.39 Å². The molecule has 0 bridgehead atoms. The number of rotatable bonds is 2. The first kappa shape index (κ1) is 14.5. The van der Waals surface area contributed by atoms with Crippen molar-refractivity contribution in [3.8, 4) is 0 Å². The molecule has 0 spiro atoms. The molecule has 2 N–H and O–H groups in total. The van der Waals surface area contributed by atoms with Gasteiger partial charge in [-0.2, -0.15) is 0 Å². The fraction of sp³-hybridized carbons (Fsp3) is 0.188. The standard InChI is InChI=1S/C16H17FN2S/c1-10-7-11(2)15(12(3)8-10)19-16(20)18-14-6-4-5-13(17)9-14/h4-9H,1-3H3,(H2,18,19,20). The number of anilines is 2. The van der Waals surface area contributed by atoms with E-state index in [1.807, 2.05) is 13.8 Å². The predicted octanol–water partition coefficient (Wildman–Crippen LogP) is 4.56. The van der Waals surface area contributed by atoms with Gasteiger partial charge in [0.25, 0.3) is 0 Å². The van der Waals surface area contributed by atoms with Crippen molar-refractivity contribution >= 4 is 28.7 Å². The van der Waals surface area contributed by atoms with Crippen molar-refractivity contribution in [2.75, 3.05) is 10.6 Å². The van der Waals surface area contributed by atoms with Crippen molar-refractivity contribution in [3.63, 3.8) is 0 Å². The lowest BCUT2D eigenvalue weighted by Gasteiger charge is -2.15. The van der Waals surface area contributed by atoms with Crippen LogP contribution in [-0.2, 0) is 0 Å². The summed E-state index contributed by atoms with van der Waals surface area (Å²) < 4.78 is 13.1. The van der Waals surface area contributed by atoms with Gasteiger partial charge in [-0.15, -0.1) is 0 Å². The highest BCUT2D eigenvalue weighted by molar-refractivity contribution is 7.80. The number of aryl methyl sites for hydroxylation is 3. The monoisotopic (exact) mass is 288 g/mol. The number of thiocarbonyl (C=S) groups is 1. The van der Waals surface area contributed by atoms with E-state index in [4.69, 9.17) is 12.2 Å². The van der Waals surface area contributed by atoms with E-state index >= 15 is 0 Å². The Kier molecular flexibility index (Phi) is 4.35. The van der Waals surface area contributed by atoms with Crippen LogP contribution in [0.4, 0.5) is 15.8 Å². The summed E-state index contributed by atoms with van der Waals surface area (Å²) in [5.41, 5.74) is 5.10. The van der Waals surface area contributed by atoms with Crippen LogP contribution in [0.5, 0.6) is 0 Å². The molecular weight excluding hydrogens is 271 g/mol. The van der Waals surface area contributed by atoms with Gasteiger partial charge in [-0.05, 0) is 62.3 Å². The maximum absolute atomic E-state index is 13.1. The first-order valence-corrected chi connectivity index (χ1v) is 6.78. The van der Waals surface area contributed by atoms with Gasteiger partial charge in [-0.1, -0.05) is 23.8 Å². The fourth-order valence-corrected chi connectivity index (χ4v) is 2.44. The van der Waals surface area contributed by atoms with Crippen molar-refractivity contribution < 1.29 is 4.39 Å². The average Bonchev–Trinajstić information content (AvgIpc) is 2.33. The van der Waals surface area contributed by atoms with Gasteiger partial charge >= 0.3 is 0 Å². The van der Waals surface area contributed by atoms with Gasteiger partial charge in [0.15, 0.2) is 5.11 Å². The van der Waals surface area contributed by atoms with Crippen molar-refractivity contribution in [1.82, 2.24) is 0 Å². The van der Waals surface area contributed by atoms with Crippen LogP contribution in [0, 0.1) is 26.6 Å². The highest BCUT2D eigenvalue weighted by atomic mass is 32.1. The minimum Gasteiger partial charge on any atom is -0.332 e. The molecule has 0 aliphatic carbocycles. The molecule has 2 nitrogen and oxygen atoms in total. The maximum atomic E-state index is 13.1. The van der Waals surface area contributed by atoms with Gasteiger partial charge in [0.05, 0.1) is 0 Å². The van der Waals surface area contributed by atoms with Gasteiger partial charge < -0.3 is 10.6 Å². The van der Waals surface area contributed by atoms with Crippen LogP contribution in [0.1, 0.15) is 16.7 Å². The molecule has 0 saturated heterocycles. The predicted molar refractivity (Wildman–Crippen MR) is 86.9 cm³/mol. The second-order valence-corrected chi connectivity index (χ2v) is 5.27. The summed E-state index contributed by atoms with van der Waals surface area (Å²) in [6.07, 6.45) is 0. The number of halogens is 1. The van der Waals surface area contributed by atoms with E-state index < -0.39 is 0 Å². The molecule has 20 heavy (non-hydrogen) atoms. The molecule has 0 aromatic heterocycles. The normalized spacial score (nSPS) is 10.2. The first-order chi connectivity index (χ1) is 9.45. The van der Waals surface area contributed by atoms with Crippen LogP contribution in [0.3, 0.4) is 0 Å². The summed E-state index contributed by atoms with van der Waals surface area (Å²) in [7, 11) is 0. The second-order valence-electron chi connectivity index (χ2n) is 4.86. The van der Waals surface area contributed by atoms with E-state index in [1.54, 1.807) is 12.1 Å². The third-order valence-corrected chi connectivity index (χ3v) is 3.20. The Bertz CT molecular complexity index is 630. The molecule has 0 radical (unpaired) electrons. The molecule has 0 fully saturated rings. The zero-order valence-electron chi connectivity index (χ0n) is 11.8. The Morgan fingerprint density at radius 1 is 1.00 bits per heavy atom. The molecule has 0 heterocycles. The number of benzene rings is 2. The Morgan fingerprint density at radius 3 is 2.25 bits per heavy atom.